The Hall–Kier alpha value is -2.95. The minimum Gasteiger partial charge on any atom is -0.392 e. The van der Waals surface area contributed by atoms with Gasteiger partial charge in [-0.05, 0) is 69.1 Å². The van der Waals surface area contributed by atoms with Crippen molar-refractivity contribution >= 4 is 10.0 Å². The predicted octanol–water partition coefficient (Wildman–Crippen LogP) is 4.29. The van der Waals surface area contributed by atoms with Gasteiger partial charge in [0.2, 0.25) is 15.9 Å². The second-order valence-corrected chi connectivity index (χ2v) is 10.5. The maximum atomic E-state index is 13.5. The standard InChI is InChI=1S/C12H17F2NO2S.C9H12N2O2.2C2H2/c1-4-9(2)15(18(3,16)17)8-10-7-11(13)5-6-12(10)14;12-9-11-10-8(13-9)7-3-6(4-7)5-1-2-5;2*1-2/h5-7,9H,4,8H2,1-3H3;5-7H,1-4H2,(H,11,12);2*1-2H/t9-;;;/m0.../s1. The largest absolute Gasteiger partial charge is 0.434 e. The van der Waals surface area contributed by atoms with Crippen molar-refractivity contribution in [2.75, 3.05) is 6.26 Å². The molecule has 0 amide bonds. The van der Waals surface area contributed by atoms with E-state index in [1.54, 1.807) is 6.92 Å². The van der Waals surface area contributed by atoms with Crippen LogP contribution in [-0.4, -0.2) is 35.2 Å². The first kappa shape index (κ1) is 30.1. The molecular formula is C25H33F2N3O4S. The summed E-state index contributed by atoms with van der Waals surface area (Å²) in [6, 6.07) is 2.77. The van der Waals surface area contributed by atoms with Crippen LogP contribution in [0.3, 0.4) is 0 Å². The van der Waals surface area contributed by atoms with Crippen LogP contribution in [-0.2, 0) is 16.6 Å². The van der Waals surface area contributed by atoms with Gasteiger partial charge in [-0.1, -0.05) is 6.92 Å². The van der Waals surface area contributed by atoms with Crippen molar-refractivity contribution in [2.45, 2.75) is 64.5 Å². The van der Waals surface area contributed by atoms with Gasteiger partial charge in [-0.2, -0.15) is 4.31 Å². The maximum absolute atomic E-state index is 13.5. The number of nitrogens with one attached hydrogen (secondary N) is 1. The fourth-order valence-corrected chi connectivity index (χ4v) is 5.04. The first-order valence-corrected chi connectivity index (χ1v) is 13.1. The lowest BCUT2D eigenvalue weighted by Gasteiger charge is -2.32. The van der Waals surface area contributed by atoms with Gasteiger partial charge >= 0.3 is 5.76 Å². The third kappa shape index (κ3) is 8.97. The number of benzene rings is 1. The molecule has 192 valence electrons. The van der Waals surface area contributed by atoms with E-state index >= 15 is 0 Å². The molecule has 1 aromatic carbocycles. The highest BCUT2D eigenvalue weighted by molar-refractivity contribution is 7.88. The van der Waals surface area contributed by atoms with E-state index in [0.29, 0.717) is 18.2 Å². The summed E-state index contributed by atoms with van der Waals surface area (Å²) in [5.74, 6) is 1.27. The molecule has 0 bridgehead atoms. The van der Waals surface area contributed by atoms with Gasteiger partial charge < -0.3 is 4.42 Å². The minimum absolute atomic E-state index is 0.0423. The molecule has 0 radical (unpaired) electrons. The van der Waals surface area contributed by atoms with Crippen molar-refractivity contribution in [3.05, 3.63) is 51.8 Å². The molecule has 2 saturated carbocycles. The molecule has 0 unspecified atom stereocenters. The normalized spacial score (nSPS) is 19.5. The van der Waals surface area contributed by atoms with Crippen LogP contribution in [0.25, 0.3) is 0 Å². The predicted molar refractivity (Wildman–Crippen MR) is 132 cm³/mol. The lowest BCUT2D eigenvalue weighted by molar-refractivity contribution is 0.200. The number of terminal acetylenes is 2. The van der Waals surface area contributed by atoms with Crippen LogP contribution in [0.4, 0.5) is 8.78 Å². The van der Waals surface area contributed by atoms with Gasteiger partial charge in [0.15, 0.2) is 0 Å². The second-order valence-electron chi connectivity index (χ2n) is 8.52. The summed E-state index contributed by atoms with van der Waals surface area (Å²) in [6.07, 6.45) is 22.8. The number of sulfonamides is 1. The first-order valence-electron chi connectivity index (χ1n) is 11.2. The van der Waals surface area contributed by atoms with Crippen LogP contribution in [0.2, 0.25) is 0 Å². The number of nitrogens with zero attached hydrogens (tertiary/aromatic N) is 2. The molecule has 1 N–H and O–H groups in total. The van der Waals surface area contributed by atoms with Crippen molar-refractivity contribution in [3.63, 3.8) is 0 Å². The quantitative estimate of drug-likeness (QED) is 0.562. The lowest BCUT2D eigenvalue weighted by atomic mass is 9.72. The molecule has 2 aliphatic rings. The zero-order valence-electron chi connectivity index (χ0n) is 20.3. The highest BCUT2D eigenvalue weighted by Gasteiger charge is 2.42. The van der Waals surface area contributed by atoms with E-state index in [1.165, 1.54) is 30.0 Å². The number of aromatic amines is 1. The van der Waals surface area contributed by atoms with Gasteiger partial charge in [0.25, 0.3) is 0 Å². The minimum atomic E-state index is -3.46. The van der Waals surface area contributed by atoms with E-state index in [0.717, 1.165) is 36.3 Å². The van der Waals surface area contributed by atoms with Crippen LogP contribution in [0, 0.1) is 49.2 Å². The number of hydrogen-bond donors (Lipinski definition) is 1. The van der Waals surface area contributed by atoms with Gasteiger partial charge in [0.1, 0.15) is 11.6 Å². The van der Waals surface area contributed by atoms with Crippen LogP contribution < -0.4 is 5.76 Å². The summed E-state index contributed by atoms with van der Waals surface area (Å²) < 4.78 is 55.9. The highest BCUT2D eigenvalue weighted by Crippen LogP contribution is 2.52. The van der Waals surface area contributed by atoms with E-state index in [2.05, 4.69) is 35.9 Å². The molecule has 2 fully saturated rings. The molecule has 0 aliphatic heterocycles. The zero-order valence-corrected chi connectivity index (χ0v) is 21.1. The summed E-state index contributed by atoms with van der Waals surface area (Å²) in [7, 11) is -3.46. The van der Waals surface area contributed by atoms with Crippen LogP contribution in [0.15, 0.2) is 27.4 Å². The molecule has 2 aromatic rings. The summed E-state index contributed by atoms with van der Waals surface area (Å²) in [6.45, 7) is 3.42. The molecule has 10 heteroatoms. The van der Waals surface area contributed by atoms with Crippen molar-refractivity contribution in [3.8, 4) is 25.7 Å². The molecule has 0 spiro atoms. The van der Waals surface area contributed by atoms with Crippen molar-refractivity contribution in [1.29, 1.82) is 0 Å². The third-order valence-electron chi connectivity index (χ3n) is 6.11. The number of H-pyrrole nitrogens is 1. The van der Waals surface area contributed by atoms with E-state index in [9.17, 15) is 22.0 Å². The molecule has 1 atom stereocenters. The molecule has 7 nitrogen and oxygen atoms in total. The van der Waals surface area contributed by atoms with E-state index < -0.39 is 27.4 Å². The van der Waals surface area contributed by atoms with E-state index in [-0.39, 0.29) is 18.2 Å². The number of halogens is 2. The van der Waals surface area contributed by atoms with Gasteiger partial charge in [0.05, 0.1) is 6.26 Å². The number of aromatic nitrogens is 2. The average Bonchev–Trinajstić information content (AvgIpc) is 3.55. The Morgan fingerprint density at radius 3 is 2.23 bits per heavy atom. The van der Waals surface area contributed by atoms with E-state index in [4.69, 9.17) is 4.42 Å². The Bertz CT molecular complexity index is 1120. The monoisotopic (exact) mass is 509 g/mol. The molecule has 4 rings (SSSR count). The highest BCUT2D eigenvalue weighted by atomic mass is 32.2. The third-order valence-corrected chi connectivity index (χ3v) is 7.45. The van der Waals surface area contributed by atoms with Crippen LogP contribution >= 0.6 is 0 Å². The lowest BCUT2D eigenvalue weighted by Crippen LogP contribution is -2.37. The average molecular weight is 510 g/mol. The molecule has 1 aromatic heterocycles. The fourth-order valence-electron chi connectivity index (χ4n) is 3.87. The Labute approximate surface area is 206 Å². The Morgan fingerprint density at radius 2 is 1.77 bits per heavy atom. The smallest absolute Gasteiger partial charge is 0.392 e. The van der Waals surface area contributed by atoms with Crippen molar-refractivity contribution < 1.29 is 21.6 Å². The van der Waals surface area contributed by atoms with Crippen LogP contribution in [0.1, 0.15) is 63.3 Å². The molecule has 0 saturated heterocycles. The summed E-state index contributed by atoms with van der Waals surface area (Å²) >= 11 is 0. The second kappa shape index (κ2) is 13.8. The molecule has 1 heterocycles. The molecule has 2 aliphatic carbocycles. The Balaban J connectivity index is 0.000000315. The summed E-state index contributed by atoms with van der Waals surface area (Å²) in [5.41, 5.74) is 0.0423. The Kier molecular flexibility index (Phi) is 11.9. The van der Waals surface area contributed by atoms with Crippen molar-refractivity contribution in [1.82, 2.24) is 14.5 Å². The maximum Gasteiger partial charge on any atom is 0.434 e. The van der Waals surface area contributed by atoms with Gasteiger partial charge in [-0.3, -0.25) is 0 Å². The topological polar surface area (TPSA) is 96.3 Å². The fraction of sp³-hybridized carbons (Fsp3) is 0.520. The van der Waals surface area contributed by atoms with Gasteiger partial charge in [-0.15, -0.1) is 30.8 Å². The SMILES string of the molecule is C#C.C#C.CC[C@H](C)N(Cc1cc(F)ccc1F)S(C)(=O)=O.O=c1[nH]nc(C2CC(C3CC3)C2)o1. The van der Waals surface area contributed by atoms with Crippen molar-refractivity contribution in [2.24, 2.45) is 11.8 Å². The Morgan fingerprint density at radius 1 is 1.17 bits per heavy atom. The zero-order chi connectivity index (χ0) is 26.8. The van der Waals surface area contributed by atoms with Gasteiger partial charge in [0, 0.05) is 24.1 Å². The molecular weight excluding hydrogens is 476 g/mol. The van der Waals surface area contributed by atoms with Crippen LogP contribution in [0.5, 0.6) is 0 Å². The number of rotatable bonds is 7. The summed E-state index contributed by atoms with van der Waals surface area (Å²) in [5, 5.41) is 6.15. The number of hydrogen-bond acceptors (Lipinski definition) is 5. The summed E-state index contributed by atoms with van der Waals surface area (Å²) in [4.78, 5) is 10.7. The van der Waals surface area contributed by atoms with Gasteiger partial charge in [-0.25, -0.2) is 27.1 Å². The van der Waals surface area contributed by atoms with E-state index in [1.807, 2.05) is 6.92 Å². The first-order chi connectivity index (χ1) is 16.6. The molecule has 35 heavy (non-hydrogen) atoms.